The van der Waals surface area contributed by atoms with Crippen molar-refractivity contribution in [3.05, 3.63) is 36.2 Å². The molecule has 1 fully saturated rings. The molecule has 0 saturated carbocycles. The van der Waals surface area contributed by atoms with Gasteiger partial charge in [0.1, 0.15) is 0 Å². The molecule has 1 atom stereocenters. The predicted octanol–water partition coefficient (Wildman–Crippen LogP) is 1.09. The van der Waals surface area contributed by atoms with Crippen molar-refractivity contribution >= 4 is 21.8 Å². The fourth-order valence-corrected chi connectivity index (χ4v) is 3.06. The molecule has 2 rings (SSSR count). The van der Waals surface area contributed by atoms with E-state index in [4.69, 9.17) is 5.26 Å². The van der Waals surface area contributed by atoms with Gasteiger partial charge in [0.2, 0.25) is 5.91 Å². The number of likely N-dealkylation sites (tertiary alicyclic amines) is 1. The Bertz CT molecular complexity index is 710. The van der Waals surface area contributed by atoms with Gasteiger partial charge in [-0.15, -0.1) is 3.89 Å². The zero-order chi connectivity index (χ0) is 15.5. The van der Waals surface area contributed by atoms with Crippen LogP contribution >= 0.6 is 0 Å². The van der Waals surface area contributed by atoms with Crippen molar-refractivity contribution in [3.63, 3.8) is 0 Å². The van der Waals surface area contributed by atoms with Crippen LogP contribution in [0, 0.1) is 17.2 Å². The molecule has 0 radical (unpaired) electrons. The predicted molar refractivity (Wildman–Crippen MR) is 72.5 cm³/mol. The van der Waals surface area contributed by atoms with E-state index < -0.39 is 21.9 Å². The molecule has 21 heavy (non-hydrogen) atoms. The van der Waals surface area contributed by atoms with Gasteiger partial charge < -0.3 is 4.90 Å². The van der Waals surface area contributed by atoms with Crippen molar-refractivity contribution in [2.45, 2.75) is 6.42 Å². The number of nitrogens with zero attached hydrogens (tertiary/aromatic N) is 3. The fourth-order valence-electron chi connectivity index (χ4n) is 2.27. The number of carbonyl (C=O) groups is 1. The third kappa shape index (κ3) is 3.86. The van der Waals surface area contributed by atoms with Gasteiger partial charge in [-0.2, -0.15) is 13.7 Å². The van der Waals surface area contributed by atoms with Crippen LogP contribution in [0.1, 0.15) is 12.1 Å². The van der Waals surface area contributed by atoms with Gasteiger partial charge in [0.25, 0.3) is 0 Å². The highest BCUT2D eigenvalue weighted by atomic mass is 32.3. The Balaban J connectivity index is 2.26. The largest absolute Gasteiger partial charge is 0.309 e. The zero-order valence-electron chi connectivity index (χ0n) is 10.9. The van der Waals surface area contributed by atoms with Crippen LogP contribution in [0.15, 0.2) is 30.5 Å². The first-order valence-corrected chi connectivity index (χ1v) is 7.70. The van der Waals surface area contributed by atoms with Crippen molar-refractivity contribution in [2.75, 3.05) is 12.3 Å². The minimum absolute atomic E-state index is 0.0477. The first-order valence-electron chi connectivity index (χ1n) is 6.14. The molecule has 1 aliphatic heterocycles. The molecule has 1 aromatic rings. The molecular weight excluding hydrogens is 297 g/mol. The Kier molecular flexibility index (Phi) is 4.33. The van der Waals surface area contributed by atoms with Gasteiger partial charge in [-0.3, -0.25) is 9.78 Å². The topological polar surface area (TPSA) is 91.1 Å². The summed E-state index contributed by atoms with van der Waals surface area (Å²) in [5.74, 6) is -1.67. The second-order valence-electron chi connectivity index (χ2n) is 4.65. The van der Waals surface area contributed by atoms with Gasteiger partial charge in [0, 0.05) is 31.2 Å². The number of pyridine rings is 1. The maximum atomic E-state index is 12.7. The van der Waals surface area contributed by atoms with Crippen LogP contribution in [0.3, 0.4) is 0 Å². The van der Waals surface area contributed by atoms with Crippen LogP contribution in [0.2, 0.25) is 0 Å². The molecule has 0 aliphatic carbocycles. The number of amides is 1. The maximum absolute atomic E-state index is 12.7. The Morgan fingerprint density at radius 1 is 1.57 bits per heavy atom. The van der Waals surface area contributed by atoms with Gasteiger partial charge in [-0.1, -0.05) is 6.07 Å². The molecule has 1 saturated heterocycles. The molecule has 8 heteroatoms. The van der Waals surface area contributed by atoms with Crippen molar-refractivity contribution in [2.24, 2.45) is 5.92 Å². The Labute approximate surface area is 121 Å². The summed E-state index contributed by atoms with van der Waals surface area (Å²) < 4.78 is 34.1. The lowest BCUT2D eigenvalue weighted by molar-refractivity contribution is -0.125. The molecule has 1 amide bonds. The Morgan fingerprint density at radius 2 is 2.33 bits per heavy atom. The molecule has 0 aromatic carbocycles. The van der Waals surface area contributed by atoms with E-state index in [1.807, 2.05) is 6.07 Å². The van der Waals surface area contributed by atoms with Crippen LogP contribution in [0.5, 0.6) is 0 Å². The summed E-state index contributed by atoms with van der Waals surface area (Å²) in [7, 11) is -4.64. The standard InChI is InChI=1S/C13H12FN3O3S/c14-21(19,20)9-10-7-13(18)17(8-10)12(4-5-15)11-3-1-2-6-16-11/h1-4,6,10H,7-9H2. The van der Waals surface area contributed by atoms with Gasteiger partial charge in [0.05, 0.1) is 23.2 Å². The lowest BCUT2D eigenvalue weighted by Gasteiger charge is -2.19. The average Bonchev–Trinajstić information content (AvgIpc) is 2.75. The van der Waals surface area contributed by atoms with E-state index >= 15 is 0 Å². The van der Waals surface area contributed by atoms with E-state index in [1.165, 1.54) is 17.2 Å². The van der Waals surface area contributed by atoms with E-state index in [2.05, 4.69) is 4.98 Å². The van der Waals surface area contributed by atoms with Gasteiger partial charge in [0.15, 0.2) is 0 Å². The quantitative estimate of drug-likeness (QED) is 0.613. The van der Waals surface area contributed by atoms with E-state index in [1.54, 1.807) is 18.2 Å². The Morgan fingerprint density at radius 3 is 2.90 bits per heavy atom. The number of rotatable bonds is 4. The molecule has 6 nitrogen and oxygen atoms in total. The summed E-state index contributed by atoms with van der Waals surface area (Å²) >= 11 is 0. The molecule has 110 valence electrons. The summed E-state index contributed by atoms with van der Waals surface area (Å²) in [6, 6.07) is 6.87. The third-order valence-corrected chi connectivity index (χ3v) is 3.93. The third-order valence-electron chi connectivity index (χ3n) is 3.06. The number of allylic oxidation sites excluding steroid dienone is 1. The number of aromatic nitrogens is 1. The van der Waals surface area contributed by atoms with Gasteiger partial charge in [-0.25, -0.2) is 0 Å². The van der Waals surface area contributed by atoms with E-state index in [0.717, 1.165) is 0 Å². The van der Waals surface area contributed by atoms with E-state index in [0.29, 0.717) is 11.4 Å². The molecule has 1 unspecified atom stereocenters. The molecule has 1 aromatic heterocycles. The number of carbonyl (C=O) groups excluding carboxylic acids is 1. The van der Waals surface area contributed by atoms with Crippen LogP contribution in [-0.4, -0.2) is 36.5 Å². The van der Waals surface area contributed by atoms with Crippen molar-refractivity contribution < 1.29 is 17.1 Å². The number of halogens is 1. The first-order chi connectivity index (χ1) is 9.90. The van der Waals surface area contributed by atoms with Gasteiger partial charge >= 0.3 is 10.2 Å². The number of hydrogen-bond donors (Lipinski definition) is 0. The highest BCUT2D eigenvalue weighted by molar-refractivity contribution is 7.86. The van der Waals surface area contributed by atoms with Crippen LogP contribution in [-0.2, 0) is 15.0 Å². The molecule has 1 aliphatic rings. The summed E-state index contributed by atoms with van der Waals surface area (Å²) in [6.45, 7) is 0.0477. The minimum atomic E-state index is -4.64. The zero-order valence-corrected chi connectivity index (χ0v) is 11.8. The van der Waals surface area contributed by atoms with Crippen LogP contribution in [0.25, 0.3) is 5.70 Å². The molecule has 0 spiro atoms. The first kappa shape index (κ1) is 15.1. The van der Waals surface area contributed by atoms with Gasteiger partial charge in [-0.05, 0) is 12.1 Å². The smallest absolute Gasteiger partial charge is 0.302 e. The van der Waals surface area contributed by atoms with Crippen molar-refractivity contribution in [1.82, 2.24) is 9.88 Å². The lowest BCUT2D eigenvalue weighted by atomic mass is 10.1. The lowest BCUT2D eigenvalue weighted by Crippen LogP contribution is -2.25. The summed E-state index contributed by atoms with van der Waals surface area (Å²) in [6.07, 6.45) is 2.62. The second kappa shape index (κ2) is 6.01. The van der Waals surface area contributed by atoms with E-state index in [-0.39, 0.29) is 18.9 Å². The number of hydrogen-bond acceptors (Lipinski definition) is 5. The molecule has 0 bridgehead atoms. The van der Waals surface area contributed by atoms with Crippen molar-refractivity contribution in [3.8, 4) is 6.07 Å². The molecular formula is C13H12FN3O3S. The Hall–Kier alpha value is -2.27. The van der Waals surface area contributed by atoms with Crippen LogP contribution in [0.4, 0.5) is 3.89 Å². The highest BCUT2D eigenvalue weighted by Crippen LogP contribution is 2.28. The summed E-state index contributed by atoms with van der Waals surface area (Å²) in [5.41, 5.74) is 0.720. The summed E-state index contributed by atoms with van der Waals surface area (Å²) in [5, 5.41) is 8.85. The van der Waals surface area contributed by atoms with E-state index in [9.17, 15) is 17.1 Å². The fraction of sp³-hybridized carbons (Fsp3) is 0.308. The average molecular weight is 309 g/mol. The molecule has 0 N–H and O–H groups in total. The maximum Gasteiger partial charge on any atom is 0.302 e. The monoisotopic (exact) mass is 309 g/mol. The van der Waals surface area contributed by atoms with Crippen LogP contribution < -0.4 is 0 Å². The van der Waals surface area contributed by atoms with Crippen molar-refractivity contribution in [1.29, 1.82) is 5.26 Å². The number of nitriles is 1. The second-order valence-corrected chi connectivity index (χ2v) is 6.06. The highest BCUT2D eigenvalue weighted by Gasteiger charge is 2.35. The molecule has 2 heterocycles. The normalized spacial score (nSPS) is 19.6. The minimum Gasteiger partial charge on any atom is -0.309 e. The summed E-state index contributed by atoms with van der Waals surface area (Å²) in [4.78, 5) is 17.3. The SMILES string of the molecule is N#CC=C(c1ccccn1)N1CC(CS(=O)(=O)F)CC1=O.